The number of carbonyl (C=O) groups is 1. The smallest absolute Gasteiger partial charge is 0.290 e. The first-order valence-corrected chi connectivity index (χ1v) is 14.6. The van der Waals surface area contributed by atoms with E-state index < -0.39 is 0 Å². The molecule has 2 aromatic carbocycles. The Morgan fingerprint density at radius 3 is 2.74 bits per heavy atom. The number of aromatic hydroxyl groups is 1. The minimum Gasteiger partial charge on any atom is -0.508 e. The van der Waals surface area contributed by atoms with Crippen molar-refractivity contribution in [3.63, 3.8) is 0 Å². The summed E-state index contributed by atoms with van der Waals surface area (Å²) in [5.74, 6) is 0.596. The second-order valence-corrected chi connectivity index (χ2v) is 11.0. The maximum atomic E-state index is 9.93. The number of hydrogen-bond donors (Lipinski definition) is 4. The van der Waals surface area contributed by atoms with E-state index in [9.17, 15) is 5.11 Å². The number of ether oxygens (including phenoxy) is 1. The Morgan fingerprint density at radius 2 is 2.05 bits per heavy atom. The third-order valence-corrected chi connectivity index (χ3v) is 7.58. The van der Waals surface area contributed by atoms with Crippen LogP contribution in [0.3, 0.4) is 0 Å². The number of anilines is 1. The molecule has 0 bridgehead atoms. The summed E-state index contributed by atoms with van der Waals surface area (Å²) in [6.07, 6.45) is 7.65. The SMILES string of the molecule is CCc1cc(O)ccc1N=C(N)c1cnn2cc(-c3c(C)cccc3CCCN(C)C)cc2c1N[C@H]1CCOC1.O=CO. The minimum absolute atomic E-state index is 0.177. The largest absolute Gasteiger partial charge is 0.508 e. The summed E-state index contributed by atoms with van der Waals surface area (Å²) in [6, 6.07) is 14.1. The normalized spacial score (nSPS) is 15.0. The summed E-state index contributed by atoms with van der Waals surface area (Å²) in [4.78, 5) is 15.4. The molecule has 10 nitrogen and oxygen atoms in total. The molecular weight excluding hydrogens is 544 g/mol. The average Bonchev–Trinajstić information content (AvgIpc) is 3.64. The van der Waals surface area contributed by atoms with Gasteiger partial charge < -0.3 is 30.9 Å². The van der Waals surface area contributed by atoms with Crippen LogP contribution < -0.4 is 11.1 Å². The molecule has 2 aromatic heterocycles. The van der Waals surface area contributed by atoms with E-state index >= 15 is 0 Å². The van der Waals surface area contributed by atoms with Crippen molar-refractivity contribution in [1.29, 1.82) is 0 Å². The molecule has 1 atom stereocenters. The van der Waals surface area contributed by atoms with E-state index in [1.807, 2.05) is 11.4 Å². The van der Waals surface area contributed by atoms with Gasteiger partial charge in [-0.05, 0) is 99.8 Å². The van der Waals surface area contributed by atoms with Gasteiger partial charge in [-0.1, -0.05) is 25.1 Å². The molecule has 3 heterocycles. The summed E-state index contributed by atoms with van der Waals surface area (Å²) < 4.78 is 7.59. The number of hydrogen-bond acceptors (Lipinski definition) is 7. The Hall–Kier alpha value is -4.41. The van der Waals surface area contributed by atoms with E-state index in [0.29, 0.717) is 12.4 Å². The molecule has 5 rings (SSSR count). The topological polar surface area (TPSA) is 138 Å². The number of nitrogens with two attached hydrogens (primary N) is 1. The summed E-state index contributed by atoms with van der Waals surface area (Å²) in [5, 5.41) is 25.3. The predicted octanol–water partition coefficient (Wildman–Crippen LogP) is 5.01. The monoisotopic (exact) mass is 586 g/mol. The molecule has 228 valence electrons. The van der Waals surface area contributed by atoms with Gasteiger partial charge >= 0.3 is 0 Å². The molecule has 1 aliphatic rings. The van der Waals surface area contributed by atoms with Gasteiger partial charge in [0.2, 0.25) is 0 Å². The molecule has 0 radical (unpaired) electrons. The summed E-state index contributed by atoms with van der Waals surface area (Å²) in [5.41, 5.74) is 15.9. The van der Waals surface area contributed by atoms with Gasteiger partial charge in [0.15, 0.2) is 0 Å². The molecule has 0 amide bonds. The number of aromatic nitrogens is 2. The second kappa shape index (κ2) is 14.7. The number of carboxylic acid groups (broad SMARTS) is 1. The van der Waals surface area contributed by atoms with Gasteiger partial charge in [0.05, 0.1) is 41.3 Å². The summed E-state index contributed by atoms with van der Waals surface area (Å²) >= 11 is 0. The van der Waals surface area contributed by atoms with Crippen molar-refractivity contribution >= 4 is 29.2 Å². The fraction of sp³-hybridized carbons (Fsp3) is 0.364. The predicted molar refractivity (Wildman–Crippen MR) is 172 cm³/mol. The van der Waals surface area contributed by atoms with Gasteiger partial charge in [-0.25, -0.2) is 9.51 Å². The van der Waals surface area contributed by atoms with E-state index in [0.717, 1.165) is 72.4 Å². The Balaban J connectivity index is 0.00000135. The minimum atomic E-state index is -0.250. The molecule has 1 aliphatic heterocycles. The molecule has 10 heteroatoms. The van der Waals surface area contributed by atoms with Crippen molar-refractivity contribution in [3.05, 3.63) is 77.1 Å². The van der Waals surface area contributed by atoms with Gasteiger partial charge in [-0.2, -0.15) is 5.10 Å². The lowest BCUT2D eigenvalue weighted by Crippen LogP contribution is -2.24. The Labute approximate surface area is 252 Å². The van der Waals surface area contributed by atoms with Gasteiger partial charge in [-0.15, -0.1) is 0 Å². The molecule has 0 saturated carbocycles. The molecule has 0 unspecified atom stereocenters. The van der Waals surface area contributed by atoms with Gasteiger partial charge in [0.1, 0.15) is 11.6 Å². The maximum Gasteiger partial charge on any atom is 0.290 e. The van der Waals surface area contributed by atoms with Crippen molar-refractivity contribution in [2.75, 3.05) is 39.2 Å². The van der Waals surface area contributed by atoms with Crippen molar-refractivity contribution in [2.24, 2.45) is 10.7 Å². The lowest BCUT2D eigenvalue weighted by atomic mass is 9.94. The number of aryl methyl sites for hydroxylation is 3. The number of fused-ring (bicyclic) bond motifs is 1. The number of phenols is 1. The van der Waals surface area contributed by atoms with Crippen LogP contribution in [0.15, 0.2) is 59.9 Å². The number of aliphatic imine (C=N–C) groups is 1. The fourth-order valence-electron chi connectivity index (χ4n) is 5.48. The van der Waals surface area contributed by atoms with Crippen molar-refractivity contribution in [1.82, 2.24) is 14.5 Å². The van der Waals surface area contributed by atoms with Crippen molar-refractivity contribution in [3.8, 4) is 16.9 Å². The molecule has 5 N–H and O–H groups in total. The van der Waals surface area contributed by atoms with Crippen LogP contribution in [0.1, 0.15) is 42.0 Å². The van der Waals surface area contributed by atoms with Crippen LogP contribution in [0.5, 0.6) is 5.75 Å². The van der Waals surface area contributed by atoms with E-state index in [-0.39, 0.29) is 18.3 Å². The molecule has 0 aliphatic carbocycles. The van der Waals surface area contributed by atoms with Crippen LogP contribution >= 0.6 is 0 Å². The third kappa shape index (κ3) is 7.71. The average molecular weight is 587 g/mol. The van der Waals surface area contributed by atoms with Gasteiger partial charge in [0, 0.05) is 18.4 Å². The second-order valence-electron chi connectivity index (χ2n) is 11.0. The van der Waals surface area contributed by atoms with Gasteiger partial charge in [0.25, 0.3) is 6.47 Å². The third-order valence-electron chi connectivity index (χ3n) is 7.58. The first kappa shape index (κ1) is 31.5. The number of amidine groups is 1. The van der Waals surface area contributed by atoms with Crippen LogP contribution in [0.4, 0.5) is 11.4 Å². The highest BCUT2D eigenvalue weighted by Gasteiger charge is 2.22. The Bertz CT molecular complexity index is 1570. The zero-order valence-electron chi connectivity index (χ0n) is 25.4. The first-order valence-electron chi connectivity index (χ1n) is 14.6. The molecule has 0 spiro atoms. The number of benzene rings is 2. The Kier molecular flexibility index (Phi) is 10.7. The Morgan fingerprint density at radius 1 is 1.26 bits per heavy atom. The summed E-state index contributed by atoms with van der Waals surface area (Å²) in [6.45, 7) is 6.39. The van der Waals surface area contributed by atoms with E-state index in [1.54, 1.807) is 24.4 Å². The van der Waals surface area contributed by atoms with Crippen molar-refractivity contribution in [2.45, 2.75) is 45.6 Å². The first-order chi connectivity index (χ1) is 20.7. The highest BCUT2D eigenvalue weighted by Crippen LogP contribution is 2.34. The lowest BCUT2D eigenvalue weighted by molar-refractivity contribution is -0.122. The molecular formula is C33H42N6O4. The molecule has 43 heavy (non-hydrogen) atoms. The van der Waals surface area contributed by atoms with E-state index in [4.69, 9.17) is 30.5 Å². The quantitative estimate of drug-likeness (QED) is 0.116. The standard InChI is InChI=1S/C32H40N6O2.CH2O2/c1-5-22-16-26(39)11-12-28(22)36-32(33)27-18-34-38-19-24(17-29(38)31(27)35-25-13-15-40-20-25)30-21(2)8-6-9-23(30)10-7-14-37(3)4;2-1-3/h6,8-9,11-12,16-19,25,35,39H,5,7,10,13-15,20H2,1-4H3,(H2,33,36);1H,(H,2,3)/t25-;/m0./s1. The molecule has 1 saturated heterocycles. The number of phenolic OH excluding ortho intramolecular Hbond substituents is 1. The van der Waals surface area contributed by atoms with Crippen LogP contribution in [-0.2, 0) is 22.4 Å². The lowest BCUT2D eigenvalue weighted by Gasteiger charge is -2.17. The van der Waals surface area contributed by atoms with Crippen LogP contribution in [0, 0.1) is 6.92 Å². The highest BCUT2D eigenvalue weighted by atomic mass is 16.5. The zero-order valence-corrected chi connectivity index (χ0v) is 25.4. The van der Waals surface area contributed by atoms with Crippen LogP contribution in [0.25, 0.3) is 16.6 Å². The van der Waals surface area contributed by atoms with Crippen LogP contribution in [-0.4, -0.2) is 76.9 Å². The van der Waals surface area contributed by atoms with E-state index in [2.05, 4.69) is 61.7 Å². The van der Waals surface area contributed by atoms with Gasteiger partial charge in [-0.3, -0.25) is 4.79 Å². The highest BCUT2D eigenvalue weighted by molar-refractivity contribution is 6.06. The number of nitrogens with one attached hydrogen (secondary N) is 1. The summed E-state index contributed by atoms with van der Waals surface area (Å²) in [7, 11) is 4.23. The number of rotatable bonds is 10. The maximum absolute atomic E-state index is 9.93. The van der Waals surface area contributed by atoms with Crippen molar-refractivity contribution < 1.29 is 19.7 Å². The van der Waals surface area contributed by atoms with E-state index in [1.165, 1.54) is 16.7 Å². The molecule has 1 fully saturated rings. The number of nitrogens with zero attached hydrogens (tertiary/aromatic N) is 4. The zero-order chi connectivity index (χ0) is 30.9. The fourth-order valence-corrected chi connectivity index (χ4v) is 5.48. The molecule has 4 aromatic rings. The van der Waals surface area contributed by atoms with Crippen LogP contribution in [0.2, 0.25) is 0 Å².